The average Bonchev–Trinajstić information content (AvgIpc) is 2.46. The minimum Gasteiger partial charge on any atom is -0.496 e. The fraction of sp³-hybridized carbons (Fsp3) is 0.312. The number of carbonyl (C=O) groups is 1. The van der Waals surface area contributed by atoms with Crippen LogP contribution in [0.5, 0.6) is 5.75 Å². The Labute approximate surface area is 124 Å². The van der Waals surface area contributed by atoms with Crippen LogP contribution in [-0.4, -0.2) is 23.0 Å². The molecule has 0 aliphatic carbocycles. The molecule has 0 unspecified atom stereocenters. The van der Waals surface area contributed by atoms with Crippen molar-refractivity contribution in [3.05, 3.63) is 36.2 Å². The van der Waals surface area contributed by atoms with Gasteiger partial charge in [-0.2, -0.15) is 0 Å². The molecule has 5 nitrogen and oxygen atoms in total. The van der Waals surface area contributed by atoms with Crippen LogP contribution in [0.4, 0.5) is 5.82 Å². The first-order chi connectivity index (χ1) is 10.0. The summed E-state index contributed by atoms with van der Waals surface area (Å²) >= 11 is 0. The lowest BCUT2D eigenvalue weighted by molar-refractivity contribution is -0.114. The molecule has 0 aliphatic heterocycles. The van der Waals surface area contributed by atoms with Crippen molar-refractivity contribution in [2.75, 3.05) is 12.4 Å². The van der Waals surface area contributed by atoms with Crippen LogP contribution in [0.3, 0.4) is 0 Å². The van der Waals surface area contributed by atoms with Crippen molar-refractivity contribution >= 4 is 11.7 Å². The molecule has 21 heavy (non-hydrogen) atoms. The number of rotatable bonds is 4. The van der Waals surface area contributed by atoms with E-state index in [0.29, 0.717) is 17.4 Å². The van der Waals surface area contributed by atoms with Gasteiger partial charge in [-0.1, -0.05) is 19.9 Å². The van der Waals surface area contributed by atoms with E-state index in [1.165, 1.54) is 18.7 Å². The lowest BCUT2D eigenvalue weighted by Crippen LogP contribution is -2.07. The van der Waals surface area contributed by atoms with E-state index in [-0.39, 0.29) is 5.91 Å². The largest absolute Gasteiger partial charge is 0.496 e. The Balaban J connectivity index is 2.40. The highest BCUT2D eigenvalue weighted by Crippen LogP contribution is 2.31. The number of hydrogen-bond donors (Lipinski definition) is 1. The number of nitrogens with zero attached hydrogens (tertiary/aromatic N) is 2. The molecule has 0 bridgehead atoms. The van der Waals surface area contributed by atoms with Crippen LogP contribution in [0.1, 0.15) is 32.3 Å². The van der Waals surface area contributed by atoms with Gasteiger partial charge in [0.1, 0.15) is 5.75 Å². The Morgan fingerprint density at radius 1 is 1.24 bits per heavy atom. The molecule has 1 heterocycles. The Morgan fingerprint density at radius 3 is 2.52 bits per heavy atom. The van der Waals surface area contributed by atoms with Crippen LogP contribution in [0.15, 0.2) is 30.6 Å². The lowest BCUT2D eigenvalue weighted by Gasteiger charge is -2.12. The summed E-state index contributed by atoms with van der Waals surface area (Å²) in [6.45, 7) is 5.71. The van der Waals surface area contributed by atoms with E-state index in [1.54, 1.807) is 13.3 Å². The van der Waals surface area contributed by atoms with Gasteiger partial charge in [0, 0.05) is 12.5 Å². The van der Waals surface area contributed by atoms with Crippen LogP contribution in [0.25, 0.3) is 11.3 Å². The number of methoxy groups -OCH3 is 1. The first-order valence-electron chi connectivity index (χ1n) is 6.79. The fourth-order valence-corrected chi connectivity index (χ4v) is 2.00. The molecule has 2 aromatic rings. The summed E-state index contributed by atoms with van der Waals surface area (Å²) in [6.07, 6.45) is 3.17. The smallest absolute Gasteiger partial charge is 0.222 e. The van der Waals surface area contributed by atoms with Gasteiger partial charge >= 0.3 is 0 Å². The highest BCUT2D eigenvalue weighted by molar-refractivity contribution is 5.87. The van der Waals surface area contributed by atoms with Crippen molar-refractivity contribution in [3.8, 4) is 17.0 Å². The number of ether oxygens (including phenoxy) is 1. The zero-order chi connectivity index (χ0) is 15.4. The molecule has 110 valence electrons. The first-order valence-corrected chi connectivity index (χ1v) is 6.79. The van der Waals surface area contributed by atoms with Crippen molar-refractivity contribution in [3.63, 3.8) is 0 Å². The summed E-state index contributed by atoms with van der Waals surface area (Å²) in [4.78, 5) is 19.5. The van der Waals surface area contributed by atoms with Gasteiger partial charge in [-0.25, -0.2) is 4.98 Å². The van der Waals surface area contributed by atoms with Crippen LogP contribution in [-0.2, 0) is 4.79 Å². The molecule has 0 saturated heterocycles. The van der Waals surface area contributed by atoms with Gasteiger partial charge in [-0.3, -0.25) is 9.78 Å². The van der Waals surface area contributed by atoms with Crippen LogP contribution in [0.2, 0.25) is 0 Å². The van der Waals surface area contributed by atoms with Crippen molar-refractivity contribution < 1.29 is 9.53 Å². The summed E-state index contributed by atoms with van der Waals surface area (Å²) in [5, 5.41) is 2.60. The molecule has 0 saturated carbocycles. The van der Waals surface area contributed by atoms with Crippen molar-refractivity contribution in [2.45, 2.75) is 26.7 Å². The Hall–Kier alpha value is -2.43. The number of hydrogen-bond acceptors (Lipinski definition) is 4. The second-order valence-electron chi connectivity index (χ2n) is 5.08. The summed E-state index contributed by atoms with van der Waals surface area (Å²) in [5.41, 5.74) is 2.81. The van der Waals surface area contributed by atoms with E-state index in [2.05, 4.69) is 35.2 Å². The Bertz CT molecular complexity index is 636. The molecule has 0 spiro atoms. The molecular weight excluding hydrogens is 266 g/mol. The standard InChI is InChI=1S/C16H19N3O2/c1-10(2)12-5-6-15(21-4)13(7-12)14-8-18-16(9-17-14)19-11(3)20/h5-10H,1-4H3,(H,18,19,20). The van der Waals surface area contributed by atoms with Crippen molar-refractivity contribution in [2.24, 2.45) is 0 Å². The maximum atomic E-state index is 11.0. The monoisotopic (exact) mass is 285 g/mol. The van der Waals surface area contributed by atoms with E-state index in [1.807, 2.05) is 12.1 Å². The highest BCUT2D eigenvalue weighted by atomic mass is 16.5. The second-order valence-corrected chi connectivity index (χ2v) is 5.08. The van der Waals surface area contributed by atoms with E-state index >= 15 is 0 Å². The number of aromatic nitrogens is 2. The zero-order valence-electron chi connectivity index (χ0n) is 12.7. The maximum Gasteiger partial charge on any atom is 0.222 e. The van der Waals surface area contributed by atoms with Crippen LogP contribution >= 0.6 is 0 Å². The first kappa shape index (κ1) is 15.0. The fourth-order valence-electron chi connectivity index (χ4n) is 2.00. The van der Waals surface area contributed by atoms with E-state index in [0.717, 1.165) is 11.3 Å². The van der Waals surface area contributed by atoms with Gasteiger partial charge in [0.25, 0.3) is 0 Å². The van der Waals surface area contributed by atoms with E-state index in [4.69, 9.17) is 4.74 Å². The van der Waals surface area contributed by atoms with Gasteiger partial charge in [-0.15, -0.1) is 0 Å². The second kappa shape index (κ2) is 6.35. The third-order valence-corrected chi connectivity index (χ3v) is 3.12. The SMILES string of the molecule is COc1ccc(C(C)C)cc1-c1cnc(NC(C)=O)cn1. The quantitative estimate of drug-likeness (QED) is 0.936. The van der Waals surface area contributed by atoms with Gasteiger partial charge in [0.15, 0.2) is 5.82 Å². The lowest BCUT2D eigenvalue weighted by atomic mass is 9.99. The molecule has 2 rings (SSSR count). The Morgan fingerprint density at radius 2 is 2.00 bits per heavy atom. The minimum atomic E-state index is -0.170. The van der Waals surface area contributed by atoms with E-state index < -0.39 is 0 Å². The molecule has 5 heteroatoms. The number of amides is 1. The van der Waals surface area contributed by atoms with Gasteiger partial charge in [0.2, 0.25) is 5.91 Å². The molecule has 1 N–H and O–H groups in total. The zero-order valence-corrected chi connectivity index (χ0v) is 12.7. The molecule has 1 aromatic heterocycles. The third-order valence-electron chi connectivity index (χ3n) is 3.12. The number of carbonyl (C=O) groups excluding carboxylic acids is 1. The predicted octanol–water partition coefficient (Wildman–Crippen LogP) is 3.23. The summed E-state index contributed by atoms with van der Waals surface area (Å²) < 4.78 is 5.39. The number of anilines is 1. The molecular formula is C16H19N3O2. The molecule has 1 amide bonds. The minimum absolute atomic E-state index is 0.170. The van der Waals surface area contributed by atoms with Crippen molar-refractivity contribution in [1.82, 2.24) is 9.97 Å². The summed E-state index contributed by atoms with van der Waals surface area (Å²) in [7, 11) is 1.63. The normalized spacial score (nSPS) is 10.5. The summed E-state index contributed by atoms with van der Waals surface area (Å²) in [6, 6.07) is 6.05. The molecule has 0 atom stereocenters. The molecule has 0 aliphatic rings. The van der Waals surface area contributed by atoms with Gasteiger partial charge in [0.05, 0.1) is 25.2 Å². The van der Waals surface area contributed by atoms with E-state index in [9.17, 15) is 4.79 Å². The maximum absolute atomic E-state index is 11.0. The molecule has 1 aromatic carbocycles. The molecule has 0 fully saturated rings. The number of nitrogens with one attached hydrogen (secondary N) is 1. The summed E-state index contributed by atoms with van der Waals surface area (Å²) in [5.74, 6) is 1.43. The predicted molar refractivity (Wildman–Crippen MR) is 82.4 cm³/mol. The number of benzene rings is 1. The average molecular weight is 285 g/mol. The van der Waals surface area contributed by atoms with Crippen LogP contribution in [0, 0.1) is 0 Å². The topological polar surface area (TPSA) is 64.1 Å². The Kier molecular flexibility index (Phi) is 4.52. The molecule has 0 radical (unpaired) electrons. The third kappa shape index (κ3) is 3.56. The van der Waals surface area contributed by atoms with Crippen LogP contribution < -0.4 is 10.1 Å². The highest BCUT2D eigenvalue weighted by Gasteiger charge is 2.11. The van der Waals surface area contributed by atoms with Gasteiger partial charge in [-0.05, 0) is 23.6 Å². The van der Waals surface area contributed by atoms with Crippen molar-refractivity contribution in [1.29, 1.82) is 0 Å². The van der Waals surface area contributed by atoms with Gasteiger partial charge < -0.3 is 10.1 Å².